The van der Waals surface area contributed by atoms with Crippen LogP contribution in [0.25, 0.3) is 0 Å². The number of nitrogens with one attached hydrogen (secondary N) is 1. The lowest BCUT2D eigenvalue weighted by Gasteiger charge is -2.20. The number of aliphatic hydroxyl groups is 1. The lowest BCUT2D eigenvalue weighted by Crippen LogP contribution is -2.27. The Bertz CT molecular complexity index is 424. The van der Waals surface area contributed by atoms with Crippen molar-refractivity contribution in [1.29, 1.82) is 0 Å². The Labute approximate surface area is 98.5 Å². The Balaban J connectivity index is 1.99. The van der Waals surface area contributed by atoms with Crippen LogP contribution in [0.5, 0.6) is 0 Å². The van der Waals surface area contributed by atoms with Crippen molar-refractivity contribution >= 4 is 11.8 Å². The van der Waals surface area contributed by atoms with Crippen LogP contribution < -0.4 is 5.56 Å². The van der Waals surface area contributed by atoms with Crippen molar-refractivity contribution in [3.8, 4) is 0 Å². The maximum absolute atomic E-state index is 11.3. The SMILES string of the molecule is Cc1cnc(SCC2(O)CCCC2)[nH]c1=O. The number of nitrogens with zero attached hydrogens (tertiary/aromatic N) is 1. The monoisotopic (exact) mass is 240 g/mol. The zero-order valence-electron chi connectivity index (χ0n) is 9.32. The van der Waals surface area contributed by atoms with Crippen LogP contribution in [0.4, 0.5) is 0 Å². The van der Waals surface area contributed by atoms with E-state index in [0.717, 1.165) is 25.7 Å². The fourth-order valence-electron chi connectivity index (χ4n) is 1.90. The van der Waals surface area contributed by atoms with Crippen LogP contribution >= 0.6 is 11.8 Å². The molecule has 1 aromatic heterocycles. The Kier molecular flexibility index (Phi) is 3.35. The van der Waals surface area contributed by atoms with Gasteiger partial charge in [0.2, 0.25) is 0 Å². The van der Waals surface area contributed by atoms with Crippen molar-refractivity contribution in [2.75, 3.05) is 5.75 Å². The van der Waals surface area contributed by atoms with E-state index < -0.39 is 5.60 Å². The number of rotatable bonds is 3. The van der Waals surface area contributed by atoms with E-state index in [9.17, 15) is 9.90 Å². The topological polar surface area (TPSA) is 66.0 Å². The fourth-order valence-corrected chi connectivity index (χ4v) is 2.88. The van der Waals surface area contributed by atoms with E-state index in [1.165, 1.54) is 11.8 Å². The minimum absolute atomic E-state index is 0.101. The molecular formula is C11H16N2O2S. The predicted octanol–water partition coefficient (Wildman–Crippen LogP) is 1.48. The van der Waals surface area contributed by atoms with Crippen LogP contribution in [0, 0.1) is 6.92 Å². The Morgan fingerprint density at radius 1 is 1.56 bits per heavy atom. The number of hydrogen-bond acceptors (Lipinski definition) is 4. The number of hydrogen-bond donors (Lipinski definition) is 2. The summed E-state index contributed by atoms with van der Waals surface area (Å²) in [5.41, 5.74) is -0.0476. The van der Waals surface area contributed by atoms with Gasteiger partial charge in [0.1, 0.15) is 0 Å². The molecule has 0 bridgehead atoms. The summed E-state index contributed by atoms with van der Waals surface area (Å²) in [5.74, 6) is 0.610. The molecule has 88 valence electrons. The van der Waals surface area contributed by atoms with Crippen LogP contribution in [0.2, 0.25) is 0 Å². The lowest BCUT2D eigenvalue weighted by atomic mass is 10.1. The molecule has 0 aromatic carbocycles. The third-order valence-corrected chi connectivity index (χ3v) is 4.13. The molecule has 1 fully saturated rings. The molecule has 1 heterocycles. The van der Waals surface area contributed by atoms with Crippen LogP contribution in [0.15, 0.2) is 16.1 Å². The first-order chi connectivity index (χ1) is 7.59. The van der Waals surface area contributed by atoms with Gasteiger partial charge in [-0.05, 0) is 19.8 Å². The summed E-state index contributed by atoms with van der Waals surface area (Å²) in [4.78, 5) is 18.2. The lowest BCUT2D eigenvalue weighted by molar-refractivity contribution is 0.0732. The average Bonchev–Trinajstić information content (AvgIpc) is 2.68. The van der Waals surface area contributed by atoms with Gasteiger partial charge in [-0.25, -0.2) is 4.98 Å². The molecule has 1 aliphatic carbocycles. The fraction of sp³-hybridized carbons (Fsp3) is 0.636. The zero-order chi connectivity index (χ0) is 11.6. The first kappa shape index (κ1) is 11.7. The average molecular weight is 240 g/mol. The quantitative estimate of drug-likeness (QED) is 0.620. The maximum atomic E-state index is 11.3. The minimum atomic E-state index is -0.561. The third kappa shape index (κ3) is 2.65. The molecule has 0 radical (unpaired) electrons. The summed E-state index contributed by atoms with van der Waals surface area (Å²) < 4.78 is 0. The van der Waals surface area contributed by atoms with Gasteiger partial charge >= 0.3 is 0 Å². The molecule has 4 nitrogen and oxygen atoms in total. The van der Waals surface area contributed by atoms with Crippen molar-refractivity contribution < 1.29 is 5.11 Å². The van der Waals surface area contributed by atoms with E-state index in [1.807, 2.05) is 0 Å². The summed E-state index contributed by atoms with van der Waals surface area (Å²) >= 11 is 1.42. The van der Waals surface area contributed by atoms with Crippen LogP contribution in [-0.4, -0.2) is 26.4 Å². The molecule has 16 heavy (non-hydrogen) atoms. The van der Waals surface area contributed by atoms with Crippen LogP contribution in [0.3, 0.4) is 0 Å². The van der Waals surface area contributed by atoms with Crippen molar-refractivity contribution in [1.82, 2.24) is 9.97 Å². The zero-order valence-corrected chi connectivity index (χ0v) is 10.1. The van der Waals surface area contributed by atoms with E-state index in [0.29, 0.717) is 16.5 Å². The van der Waals surface area contributed by atoms with E-state index in [2.05, 4.69) is 9.97 Å². The van der Waals surface area contributed by atoms with E-state index in [4.69, 9.17) is 0 Å². The summed E-state index contributed by atoms with van der Waals surface area (Å²) in [6.07, 6.45) is 5.47. The largest absolute Gasteiger partial charge is 0.389 e. The van der Waals surface area contributed by atoms with Gasteiger partial charge in [0.25, 0.3) is 5.56 Å². The highest BCUT2D eigenvalue weighted by atomic mass is 32.2. The minimum Gasteiger partial charge on any atom is -0.389 e. The summed E-state index contributed by atoms with van der Waals surface area (Å²) in [6, 6.07) is 0. The number of aromatic amines is 1. The van der Waals surface area contributed by atoms with Gasteiger partial charge < -0.3 is 10.1 Å². The van der Waals surface area contributed by atoms with Gasteiger partial charge in [0, 0.05) is 17.5 Å². The number of H-pyrrole nitrogens is 1. The Morgan fingerprint density at radius 3 is 2.88 bits per heavy atom. The van der Waals surface area contributed by atoms with Crippen molar-refractivity contribution in [2.45, 2.75) is 43.4 Å². The number of aromatic nitrogens is 2. The normalized spacial score (nSPS) is 18.9. The summed E-state index contributed by atoms with van der Waals surface area (Å²) in [7, 11) is 0. The molecule has 0 aliphatic heterocycles. The predicted molar refractivity (Wildman–Crippen MR) is 63.7 cm³/mol. The van der Waals surface area contributed by atoms with E-state index in [-0.39, 0.29) is 5.56 Å². The number of thioether (sulfide) groups is 1. The number of aryl methyl sites for hydroxylation is 1. The first-order valence-corrected chi connectivity index (χ1v) is 6.49. The molecule has 2 N–H and O–H groups in total. The van der Waals surface area contributed by atoms with Crippen LogP contribution in [-0.2, 0) is 0 Å². The summed E-state index contributed by atoms with van der Waals surface area (Å²) in [6.45, 7) is 1.73. The molecule has 2 rings (SSSR count). The van der Waals surface area contributed by atoms with Crippen molar-refractivity contribution in [3.05, 3.63) is 22.1 Å². The highest BCUT2D eigenvalue weighted by Gasteiger charge is 2.31. The molecule has 1 aromatic rings. The maximum Gasteiger partial charge on any atom is 0.254 e. The molecule has 0 amide bonds. The standard InChI is InChI=1S/C11H16N2O2S/c1-8-6-12-10(13-9(8)14)16-7-11(15)4-2-3-5-11/h6,15H,2-5,7H2,1H3,(H,12,13,14). The van der Waals surface area contributed by atoms with Gasteiger partial charge in [-0.15, -0.1) is 0 Å². The van der Waals surface area contributed by atoms with Gasteiger partial charge in [0.15, 0.2) is 5.16 Å². The van der Waals surface area contributed by atoms with Gasteiger partial charge in [-0.3, -0.25) is 4.79 Å². The van der Waals surface area contributed by atoms with E-state index >= 15 is 0 Å². The van der Waals surface area contributed by atoms with Crippen LogP contribution in [0.1, 0.15) is 31.2 Å². The Hall–Kier alpha value is -0.810. The molecule has 5 heteroatoms. The highest BCUT2D eigenvalue weighted by molar-refractivity contribution is 7.99. The first-order valence-electron chi connectivity index (χ1n) is 5.50. The molecule has 0 unspecified atom stereocenters. The second-order valence-electron chi connectivity index (χ2n) is 4.42. The van der Waals surface area contributed by atoms with Crippen molar-refractivity contribution in [3.63, 3.8) is 0 Å². The molecule has 0 saturated heterocycles. The van der Waals surface area contributed by atoms with Gasteiger partial charge in [-0.2, -0.15) is 0 Å². The molecule has 0 spiro atoms. The molecule has 0 atom stereocenters. The smallest absolute Gasteiger partial charge is 0.254 e. The third-order valence-electron chi connectivity index (χ3n) is 2.97. The second-order valence-corrected chi connectivity index (χ2v) is 5.38. The molecule has 1 aliphatic rings. The Morgan fingerprint density at radius 2 is 2.25 bits per heavy atom. The van der Waals surface area contributed by atoms with Gasteiger partial charge in [0.05, 0.1) is 5.60 Å². The second kappa shape index (κ2) is 4.59. The molecule has 1 saturated carbocycles. The highest BCUT2D eigenvalue weighted by Crippen LogP contribution is 2.33. The molecular weight excluding hydrogens is 224 g/mol. The van der Waals surface area contributed by atoms with Gasteiger partial charge in [-0.1, -0.05) is 24.6 Å². The summed E-state index contributed by atoms with van der Waals surface area (Å²) in [5, 5.41) is 10.7. The van der Waals surface area contributed by atoms with Crippen molar-refractivity contribution in [2.24, 2.45) is 0 Å². The van der Waals surface area contributed by atoms with E-state index in [1.54, 1.807) is 13.1 Å².